The van der Waals surface area contributed by atoms with Crippen LogP contribution >= 0.6 is 11.6 Å². The highest BCUT2D eigenvalue weighted by Crippen LogP contribution is 2.25. The average Bonchev–Trinajstić information content (AvgIpc) is 3.21. The van der Waals surface area contributed by atoms with Crippen molar-refractivity contribution in [3.8, 4) is 6.07 Å². The highest BCUT2D eigenvalue weighted by Gasteiger charge is 2.22. The Balaban J connectivity index is 1.23. The van der Waals surface area contributed by atoms with E-state index in [1.54, 1.807) is 12.3 Å². The molecule has 11 heteroatoms. The Morgan fingerprint density at radius 3 is 2.76 bits per heavy atom. The van der Waals surface area contributed by atoms with Crippen LogP contribution in [0.3, 0.4) is 0 Å². The fourth-order valence-electron chi connectivity index (χ4n) is 3.84. The maximum absolute atomic E-state index is 8.88. The fourth-order valence-corrected chi connectivity index (χ4v) is 3.99. The quantitative estimate of drug-likeness (QED) is 0.460. The van der Waals surface area contributed by atoms with Crippen molar-refractivity contribution in [1.29, 1.82) is 5.26 Å². The van der Waals surface area contributed by atoms with Gasteiger partial charge in [0.1, 0.15) is 16.7 Å². The van der Waals surface area contributed by atoms with Gasteiger partial charge in [-0.05, 0) is 38.0 Å². The van der Waals surface area contributed by atoms with Gasteiger partial charge in [-0.25, -0.2) is 9.97 Å². The van der Waals surface area contributed by atoms with E-state index in [4.69, 9.17) is 16.9 Å². The first-order valence-corrected chi connectivity index (χ1v) is 11.0. The number of rotatable bonds is 5. The normalized spacial score (nSPS) is 14.3. The molecule has 0 saturated carbocycles. The maximum atomic E-state index is 8.88. The molecule has 0 unspecified atom stereocenters. The van der Waals surface area contributed by atoms with Crippen LogP contribution in [-0.4, -0.2) is 48.7 Å². The number of pyridine rings is 1. The predicted molar refractivity (Wildman–Crippen MR) is 126 cm³/mol. The van der Waals surface area contributed by atoms with Crippen LogP contribution in [0.1, 0.15) is 24.2 Å². The van der Waals surface area contributed by atoms with Crippen molar-refractivity contribution >= 4 is 40.5 Å². The molecule has 0 bridgehead atoms. The van der Waals surface area contributed by atoms with E-state index in [0.29, 0.717) is 22.5 Å². The van der Waals surface area contributed by atoms with Crippen molar-refractivity contribution in [2.45, 2.75) is 25.8 Å². The minimum absolute atomic E-state index is 0.220. The molecule has 0 aliphatic carbocycles. The molecule has 1 fully saturated rings. The lowest BCUT2D eigenvalue weighted by molar-refractivity contribution is 0.521. The van der Waals surface area contributed by atoms with Gasteiger partial charge in [0, 0.05) is 43.3 Å². The largest absolute Gasteiger partial charge is 0.366 e. The minimum Gasteiger partial charge on any atom is -0.366 e. The number of hydrogen-bond donors (Lipinski definition) is 2. The van der Waals surface area contributed by atoms with Crippen molar-refractivity contribution in [1.82, 2.24) is 29.5 Å². The van der Waals surface area contributed by atoms with E-state index in [0.717, 1.165) is 48.8 Å². The van der Waals surface area contributed by atoms with Gasteiger partial charge in [0.05, 0.1) is 11.9 Å². The molecule has 0 radical (unpaired) electrons. The number of imidazole rings is 1. The van der Waals surface area contributed by atoms with E-state index >= 15 is 0 Å². The predicted octanol–water partition coefficient (Wildman–Crippen LogP) is 3.57. The summed E-state index contributed by atoms with van der Waals surface area (Å²) in [4.78, 5) is 15.5. The van der Waals surface area contributed by atoms with Crippen LogP contribution in [0.15, 0.2) is 42.9 Å². The zero-order valence-corrected chi connectivity index (χ0v) is 18.7. The number of aryl methyl sites for hydroxylation is 1. The Kier molecular flexibility index (Phi) is 5.62. The van der Waals surface area contributed by atoms with E-state index < -0.39 is 0 Å². The number of aromatic nitrogens is 6. The van der Waals surface area contributed by atoms with Gasteiger partial charge in [-0.1, -0.05) is 11.6 Å². The number of fused-ring (bicyclic) bond motifs is 1. The molecule has 10 nitrogen and oxygen atoms in total. The minimum atomic E-state index is 0.220. The summed E-state index contributed by atoms with van der Waals surface area (Å²) in [6.45, 7) is 3.59. The third-order valence-corrected chi connectivity index (χ3v) is 5.78. The van der Waals surface area contributed by atoms with Crippen LogP contribution in [0.2, 0.25) is 5.02 Å². The van der Waals surface area contributed by atoms with E-state index in [-0.39, 0.29) is 6.04 Å². The number of nitriles is 1. The standard InChI is InChI=1S/C22H21ClN10/c1-14-13-33-9-6-16(10-20(33)26-14)28-22-25-12-18(23)21(29-22)27-15-4-7-32(8-5-15)19-3-2-17(11-24)30-31-19/h2-3,6,9-10,12-13,15H,4-5,7-8H2,1H3,(H2,25,27,28,29). The van der Waals surface area contributed by atoms with E-state index in [9.17, 15) is 0 Å². The first-order chi connectivity index (χ1) is 16.1. The molecule has 4 aromatic heterocycles. The smallest absolute Gasteiger partial charge is 0.229 e. The molecule has 1 aliphatic rings. The number of nitrogens with one attached hydrogen (secondary N) is 2. The summed E-state index contributed by atoms with van der Waals surface area (Å²) in [5.41, 5.74) is 2.97. The molecule has 0 amide bonds. The fraction of sp³-hybridized carbons (Fsp3) is 0.273. The van der Waals surface area contributed by atoms with Crippen LogP contribution in [0.4, 0.5) is 23.3 Å². The number of anilines is 4. The third-order valence-electron chi connectivity index (χ3n) is 5.51. The van der Waals surface area contributed by atoms with Crippen molar-refractivity contribution in [2.24, 2.45) is 0 Å². The number of hydrogen-bond acceptors (Lipinski definition) is 9. The second-order valence-corrected chi connectivity index (χ2v) is 8.28. The summed E-state index contributed by atoms with van der Waals surface area (Å²) in [5.74, 6) is 1.84. The zero-order valence-electron chi connectivity index (χ0n) is 17.9. The van der Waals surface area contributed by atoms with Gasteiger partial charge in [-0.2, -0.15) is 10.2 Å². The summed E-state index contributed by atoms with van der Waals surface area (Å²) in [6.07, 6.45) is 7.29. The van der Waals surface area contributed by atoms with Gasteiger partial charge >= 0.3 is 0 Å². The molecule has 5 heterocycles. The second-order valence-electron chi connectivity index (χ2n) is 7.87. The average molecular weight is 461 g/mol. The zero-order chi connectivity index (χ0) is 22.8. The molecule has 1 aliphatic heterocycles. The van der Waals surface area contributed by atoms with Crippen molar-refractivity contribution < 1.29 is 0 Å². The lowest BCUT2D eigenvalue weighted by atomic mass is 10.1. The van der Waals surface area contributed by atoms with Gasteiger partial charge in [0.2, 0.25) is 5.95 Å². The number of halogens is 1. The van der Waals surface area contributed by atoms with E-state index in [1.165, 1.54) is 0 Å². The lowest BCUT2D eigenvalue weighted by Gasteiger charge is -2.33. The molecule has 5 rings (SSSR count). The van der Waals surface area contributed by atoms with Gasteiger partial charge in [-0.3, -0.25) is 0 Å². The van der Waals surface area contributed by atoms with Gasteiger partial charge in [-0.15, -0.1) is 10.2 Å². The summed E-state index contributed by atoms with van der Waals surface area (Å²) in [7, 11) is 0. The highest BCUT2D eigenvalue weighted by atomic mass is 35.5. The van der Waals surface area contributed by atoms with Crippen LogP contribution in [0, 0.1) is 18.3 Å². The number of piperidine rings is 1. The molecule has 0 aromatic carbocycles. The van der Waals surface area contributed by atoms with Gasteiger partial charge in [0.25, 0.3) is 0 Å². The number of nitrogens with zero attached hydrogens (tertiary/aromatic N) is 8. The van der Waals surface area contributed by atoms with Crippen LogP contribution < -0.4 is 15.5 Å². The highest BCUT2D eigenvalue weighted by molar-refractivity contribution is 6.32. The first kappa shape index (κ1) is 20.9. The third kappa shape index (κ3) is 4.63. The SMILES string of the molecule is Cc1cn2ccc(Nc3ncc(Cl)c(NC4CCN(c5ccc(C#N)nn5)CC4)n3)cc2n1. The molecule has 1 saturated heterocycles. The molecule has 4 aromatic rings. The molecule has 0 spiro atoms. The van der Waals surface area contributed by atoms with Crippen LogP contribution in [0.5, 0.6) is 0 Å². The van der Waals surface area contributed by atoms with Gasteiger partial charge < -0.3 is 19.9 Å². The Morgan fingerprint density at radius 1 is 1.15 bits per heavy atom. The molecular weight excluding hydrogens is 440 g/mol. The van der Waals surface area contributed by atoms with E-state index in [1.807, 2.05) is 48.0 Å². The Hall–Kier alpha value is -3.97. The summed E-state index contributed by atoms with van der Waals surface area (Å²) in [5, 5.41) is 24.1. The van der Waals surface area contributed by atoms with Crippen molar-refractivity contribution in [2.75, 3.05) is 28.6 Å². The molecule has 0 atom stereocenters. The maximum Gasteiger partial charge on any atom is 0.229 e. The Labute approximate surface area is 195 Å². The monoisotopic (exact) mass is 460 g/mol. The summed E-state index contributed by atoms with van der Waals surface area (Å²) in [6, 6.07) is 9.62. The summed E-state index contributed by atoms with van der Waals surface area (Å²) < 4.78 is 1.96. The van der Waals surface area contributed by atoms with Crippen molar-refractivity contribution in [3.63, 3.8) is 0 Å². The van der Waals surface area contributed by atoms with E-state index in [2.05, 4.69) is 40.7 Å². The molecule has 33 heavy (non-hydrogen) atoms. The molecule has 2 N–H and O–H groups in total. The Morgan fingerprint density at radius 2 is 2.00 bits per heavy atom. The Bertz CT molecular complexity index is 1320. The van der Waals surface area contributed by atoms with Crippen LogP contribution in [-0.2, 0) is 0 Å². The van der Waals surface area contributed by atoms with Crippen LogP contribution in [0.25, 0.3) is 5.65 Å². The van der Waals surface area contributed by atoms with Gasteiger partial charge in [0.15, 0.2) is 17.3 Å². The topological polar surface area (TPSA) is 120 Å². The molecular formula is C22H21ClN10. The second kappa shape index (κ2) is 8.88. The lowest BCUT2D eigenvalue weighted by Crippen LogP contribution is -2.39. The van der Waals surface area contributed by atoms with Crippen molar-refractivity contribution in [3.05, 3.63) is 59.3 Å². The summed E-state index contributed by atoms with van der Waals surface area (Å²) >= 11 is 6.37. The molecule has 166 valence electrons. The first-order valence-electron chi connectivity index (χ1n) is 10.6.